The van der Waals surface area contributed by atoms with Crippen LogP contribution in [0, 0.1) is 0 Å². The third kappa shape index (κ3) is 11.3. The van der Waals surface area contributed by atoms with Crippen molar-refractivity contribution in [3.05, 3.63) is 35.9 Å². The number of unbranched alkanes of at least 4 members (excludes halogenated alkanes) is 2. The molecule has 1 rings (SSSR count). The fourth-order valence-electron chi connectivity index (χ4n) is 1.15. The van der Waals surface area contributed by atoms with Gasteiger partial charge in [-0.25, -0.2) is 13.6 Å². The van der Waals surface area contributed by atoms with E-state index in [1.54, 1.807) is 24.3 Å². The molecule has 0 aliphatic heterocycles. The van der Waals surface area contributed by atoms with Crippen molar-refractivity contribution in [2.24, 2.45) is 5.14 Å². The molecule has 0 fully saturated rings. The summed E-state index contributed by atoms with van der Waals surface area (Å²) in [6.45, 7) is 1.92. The highest BCUT2D eigenvalue weighted by Crippen LogP contribution is 2.01. The van der Waals surface area contributed by atoms with Crippen LogP contribution in [0.3, 0.4) is 0 Å². The van der Waals surface area contributed by atoms with E-state index < -0.39 is 10.0 Å². The van der Waals surface area contributed by atoms with Crippen LogP contribution in [-0.2, 0) is 15.8 Å². The molecule has 0 unspecified atom stereocenters. The van der Waals surface area contributed by atoms with Gasteiger partial charge in [-0.2, -0.15) is 0 Å². The van der Waals surface area contributed by atoms with Gasteiger partial charge in [-0.05, 0) is 12.0 Å². The van der Waals surface area contributed by atoms with Crippen molar-refractivity contribution in [2.45, 2.75) is 31.9 Å². The van der Waals surface area contributed by atoms with Gasteiger partial charge in [0.2, 0.25) is 10.0 Å². The summed E-state index contributed by atoms with van der Waals surface area (Å²) in [7, 11) is -3.38. The molecule has 3 nitrogen and oxygen atoms in total. The summed E-state index contributed by atoms with van der Waals surface area (Å²) in [4.78, 5) is 0. The van der Waals surface area contributed by atoms with Crippen LogP contribution in [0.5, 0.6) is 0 Å². The summed E-state index contributed by atoms with van der Waals surface area (Å²) in [6, 6.07) is 8.84. The van der Waals surface area contributed by atoms with Gasteiger partial charge in [0.1, 0.15) is 0 Å². The standard InChI is InChI=1S/C7H9NO2S.C5H11F/c8-11(9,10)6-7-4-2-1-3-5-7;1-2-3-4-5-6/h1-5H,6H2,(H2,8,9,10);2-5H2,1H3. The van der Waals surface area contributed by atoms with Crippen LogP contribution >= 0.6 is 0 Å². The third-order valence-corrected chi connectivity index (χ3v) is 2.68. The van der Waals surface area contributed by atoms with Crippen molar-refractivity contribution in [3.63, 3.8) is 0 Å². The Labute approximate surface area is 103 Å². The van der Waals surface area contributed by atoms with E-state index in [0.717, 1.165) is 24.8 Å². The lowest BCUT2D eigenvalue weighted by Gasteiger charge is -1.96. The predicted molar refractivity (Wildman–Crippen MR) is 68.8 cm³/mol. The van der Waals surface area contributed by atoms with E-state index >= 15 is 0 Å². The molecule has 0 saturated heterocycles. The first kappa shape index (κ1) is 16.1. The second-order valence-corrected chi connectivity index (χ2v) is 5.30. The van der Waals surface area contributed by atoms with Crippen molar-refractivity contribution in [1.29, 1.82) is 0 Å². The van der Waals surface area contributed by atoms with Crippen LogP contribution in [0.25, 0.3) is 0 Å². The quantitative estimate of drug-likeness (QED) is 0.828. The molecule has 0 saturated carbocycles. The molecule has 0 aromatic heterocycles. The molecule has 2 N–H and O–H groups in total. The Hall–Kier alpha value is -0.940. The summed E-state index contributed by atoms with van der Waals surface area (Å²) in [5.41, 5.74) is 0.718. The Kier molecular flexibility index (Phi) is 8.62. The minimum absolute atomic E-state index is 0.0894. The number of hydrogen-bond donors (Lipinski definition) is 1. The zero-order valence-electron chi connectivity index (χ0n) is 10.1. The molecule has 98 valence electrons. The van der Waals surface area contributed by atoms with Crippen LogP contribution in [0.15, 0.2) is 30.3 Å². The van der Waals surface area contributed by atoms with Gasteiger partial charge in [0.05, 0.1) is 12.4 Å². The lowest BCUT2D eigenvalue weighted by molar-refractivity contribution is 0.460. The molecule has 0 radical (unpaired) electrons. The van der Waals surface area contributed by atoms with Gasteiger partial charge >= 0.3 is 0 Å². The molecular weight excluding hydrogens is 241 g/mol. The molecule has 0 atom stereocenters. The Morgan fingerprint density at radius 1 is 1.18 bits per heavy atom. The summed E-state index contributed by atoms with van der Waals surface area (Å²) in [5, 5.41) is 4.84. The smallest absolute Gasteiger partial charge is 0.213 e. The van der Waals surface area contributed by atoms with E-state index in [2.05, 4.69) is 6.92 Å². The Morgan fingerprint density at radius 3 is 2.12 bits per heavy atom. The molecule has 0 aliphatic carbocycles. The first-order valence-corrected chi connectivity index (χ1v) is 7.31. The zero-order chi connectivity index (χ0) is 13.1. The highest BCUT2D eigenvalue weighted by molar-refractivity contribution is 7.88. The van der Waals surface area contributed by atoms with Crippen LogP contribution in [0.1, 0.15) is 31.7 Å². The second kappa shape index (κ2) is 9.13. The SMILES string of the molecule is CCCCCF.NS(=O)(=O)Cc1ccccc1. The molecule has 0 heterocycles. The molecule has 0 spiro atoms. The molecule has 0 bridgehead atoms. The maximum Gasteiger partial charge on any atom is 0.213 e. The van der Waals surface area contributed by atoms with Gasteiger partial charge in [0.25, 0.3) is 0 Å². The van der Waals surface area contributed by atoms with E-state index in [1.165, 1.54) is 0 Å². The molecule has 0 amide bonds. The van der Waals surface area contributed by atoms with Gasteiger partial charge in [0.15, 0.2) is 0 Å². The first-order chi connectivity index (χ1) is 7.99. The Morgan fingerprint density at radius 2 is 1.76 bits per heavy atom. The highest BCUT2D eigenvalue weighted by atomic mass is 32.2. The van der Waals surface area contributed by atoms with Crippen molar-refractivity contribution in [1.82, 2.24) is 0 Å². The highest BCUT2D eigenvalue weighted by Gasteiger charge is 2.02. The Balaban J connectivity index is 0.000000366. The number of primary sulfonamides is 1. The van der Waals surface area contributed by atoms with Crippen molar-refractivity contribution >= 4 is 10.0 Å². The van der Waals surface area contributed by atoms with Gasteiger partial charge in [-0.1, -0.05) is 50.1 Å². The topological polar surface area (TPSA) is 60.2 Å². The third-order valence-electron chi connectivity index (χ3n) is 1.95. The average molecular weight is 261 g/mol. The lowest BCUT2D eigenvalue weighted by atomic mass is 10.2. The van der Waals surface area contributed by atoms with Crippen molar-refractivity contribution < 1.29 is 12.8 Å². The van der Waals surface area contributed by atoms with Crippen LogP contribution in [0.4, 0.5) is 4.39 Å². The molecular formula is C12H20FNO2S. The molecule has 5 heteroatoms. The normalized spacial score (nSPS) is 10.5. The number of sulfonamides is 1. The minimum atomic E-state index is -3.38. The number of hydrogen-bond acceptors (Lipinski definition) is 2. The van der Waals surface area contributed by atoms with Gasteiger partial charge in [-0.3, -0.25) is 4.39 Å². The van der Waals surface area contributed by atoms with Crippen LogP contribution in [0.2, 0.25) is 0 Å². The lowest BCUT2D eigenvalue weighted by Crippen LogP contribution is -2.14. The molecule has 17 heavy (non-hydrogen) atoms. The van der Waals surface area contributed by atoms with E-state index in [1.807, 2.05) is 6.07 Å². The summed E-state index contributed by atoms with van der Waals surface area (Å²) in [6.07, 6.45) is 2.90. The minimum Gasteiger partial charge on any atom is -0.251 e. The molecule has 0 aliphatic rings. The zero-order valence-corrected chi connectivity index (χ0v) is 10.9. The van der Waals surface area contributed by atoms with E-state index in [-0.39, 0.29) is 12.4 Å². The van der Waals surface area contributed by atoms with Crippen molar-refractivity contribution in [3.8, 4) is 0 Å². The van der Waals surface area contributed by atoms with Gasteiger partial charge in [-0.15, -0.1) is 0 Å². The fraction of sp³-hybridized carbons (Fsp3) is 0.500. The monoisotopic (exact) mass is 261 g/mol. The number of nitrogens with two attached hydrogens (primary N) is 1. The largest absolute Gasteiger partial charge is 0.251 e. The maximum atomic E-state index is 11.2. The number of rotatable bonds is 5. The van der Waals surface area contributed by atoms with Gasteiger partial charge < -0.3 is 0 Å². The number of alkyl halides is 1. The van der Waals surface area contributed by atoms with Gasteiger partial charge in [0, 0.05) is 0 Å². The number of halogens is 1. The van der Waals surface area contributed by atoms with E-state index in [9.17, 15) is 12.8 Å². The fourth-order valence-corrected chi connectivity index (χ4v) is 1.81. The van der Waals surface area contributed by atoms with Crippen molar-refractivity contribution in [2.75, 3.05) is 6.67 Å². The molecule has 1 aromatic rings. The first-order valence-electron chi connectivity index (χ1n) is 5.60. The second-order valence-electron chi connectivity index (χ2n) is 3.69. The summed E-state index contributed by atoms with van der Waals surface area (Å²) >= 11 is 0. The van der Waals surface area contributed by atoms with Crippen LogP contribution in [-0.4, -0.2) is 15.1 Å². The van der Waals surface area contributed by atoms with E-state index in [0.29, 0.717) is 0 Å². The van der Waals surface area contributed by atoms with E-state index in [4.69, 9.17) is 5.14 Å². The summed E-state index contributed by atoms with van der Waals surface area (Å²) in [5.74, 6) is -0.0894. The number of benzene rings is 1. The predicted octanol–water partition coefficient (Wildman–Crippen LogP) is 2.62. The Bertz CT molecular complexity index is 375. The van der Waals surface area contributed by atoms with Crippen LogP contribution < -0.4 is 5.14 Å². The average Bonchev–Trinajstić information content (AvgIpc) is 2.26. The summed E-state index contributed by atoms with van der Waals surface area (Å²) < 4.78 is 32.3. The maximum absolute atomic E-state index is 11.2. The molecule has 1 aromatic carbocycles.